The summed E-state index contributed by atoms with van der Waals surface area (Å²) in [5, 5.41) is 20.7. The van der Waals surface area contributed by atoms with E-state index in [0.717, 1.165) is 51.4 Å². The van der Waals surface area contributed by atoms with Crippen LogP contribution in [0.15, 0.2) is 0 Å². The number of aliphatic carboxylic acids is 2. The van der Waals surface area contributed by atoms with Crippen LogP contribution in [0.2, 0.25) is 0 Å². The van der Waals surface area contributed by atoms with Crippen LogP contribution in [0.25, 0.3) is 0 Å². The van der Waals surface area contributed by atoms with Gasteiger partial charge in [-0.3, -0.25) is 0 Å². The Labute approximate surface area is 145 Å². The van der Waals surface area contributed by atoms with Gasteiger partial charge in [0.2, 0.25) is 0 Å². The topological polar surface area (TPSA) is 80.3 Å². The average Bonchev–Trinajstić information content (AvgIpc) is 2.38. The molecule has 0 aromatic rings. The first kappa shape index (κ1) is 25.6. The molecule has 0 bridgehead atoms. The van der Waals surface area contributed by atoms with Crippen LogP contribution in [0, 0.1) is 11.8 Å². The SMILES string of the molecule is CCCC(CCC)C(=O)[O-].CCCC(CCC)C(=O)[O-].[Mg+2]. The summed E-state index contributed by atoms with van der Waals surface area (Å²) < 4.78 is 0. The zero-order chi connectivity index (χ0) is 16.0. The molecule has 0 aliphatic heterocycles. The molecule has 21 heavy (non-hydrogen) atoms. The Morgan fingerprint density at radius 1 is 0.667 bits per heavy atom. The Balaban J connectivity index is -0.000000295. The molecule has 0 N–H and O–H groups in total. The molecule has 120 valence electrons. The van der Waals surface area contributed by atoms with Crippen LogP contribution in [-0.4, -0.2) is 35.0 Å². The molecule has 4 nitrogen and oxygen atoms in total. The van der Waals surface area contributed by atoms with Crippen molar-refractivity contribution >= 4 is 35.0 Å². The predicted octanol–water partition coefficient (Wildman–Crippen LogP) is 1.52. The van der Waals surface area contributed by atoms with E-state index in [1.165, 1.54) is 0 Å². The van der Waals surface area contributed by atoms with E-state index in [1.807, 2.05) is 27.7 Å². The summed E-state index contributed by atoms with van der Waals surface area (Å²) in [6, 6.07) is 0. The minimum Gasteiger partial charge on any atom is -0.550 e. The van der Waals surface area contributed by atoms with Gasteiger partial charge in [-0.2, -0.15) is 0 Å². The first-order chi connectivity index (χ1) is 9.44. The maximum absolute atomic E-state index is 10.4. The fraction of sp³-hybridized carbons (Fsp3) is 0.875. The molecule has 0 aromatic heterocycles. The van der Waals surface area contributed by atoms with Crippen molar-refractivity contribution in [3.05, 3.63) is 0 Å². The van der Waals surface area contributed by atoms with E-state index in [0.29, 0.717) is 0 Å². The Kier molecular flexibility index (Phi) is 21.7. The molecule has 0 spiro atoms. The Morgan fingerprint density at radius 2 is 0.857 bits per heavy atom. The van der Waals surface area contributed by atoms with E-state index in [-0.39, 0.29) is 34.9 Å². The van der Waals surface area contributed by atoms with E-state index in [1.54, 1.807) is 0 Å². The molecular weight excluding hydrogens is 280 g/mol. The van der Waals surface area contributed by atoms with Crippen molar-refractivity contribution in [2.24, 2.45) is 11.8 Å². The van der Waals surface area contributed by atoms with Gasteiger partial charge in [0.05, 0.1) is 0 Å². The van der Waals surface area contributed by atoms with Crippen molar-refractivity contribution in [2.45, 2.75) is 79.1 Å². The van der Waals surface area contributed by atoms with Gasteiger partial charge >= 0.3 is 23.1 Å². The molecular formula is C16H30MgO4. The molecule has 0 unspecified atom stereocenters. The predicted molar refractivity (Wildman–Crippen MR) is 82.4 cm³/mol. The van der Waals surface area contributed by atoms with Gasteiger partial charge in [0, 0.05) is 11.9 Å². The molecule has 5 heteroatoms. The van der Waals surface area contributed by atoms with Gasteiger partial charge in [-0.05, 0) is 37.5 Å². The first-order valence-corrected chi connectivity index (χ1v) is 7.86. The monoisotopic (exact) mass is 310 g/mol. The minimum absolute atomic E-state index is 0. The number of carboxylic acid groups (broad SMARTS) is 2. The second-order valence-corrected chi connectivity index (χ2v) is 5.19. The van der Waals surface area contributed by atoms with E-state index in [2.05, 4.69) is 0 Å². The molecule has 0 saturated heterocycles. The number of hydrogen-bond donors (Lipinski definition) is 0. The Hall–Kier alpha value is -0.294. The van der Waals surface area contributed by atoms with Crippen LogP contribution in [-0.2, 0) is 9.59 Å². The molecule has 0 radical (unpaired) electrons. The molecule has 0 saturated carbocycles. The van der Waals surface area contributed by atoms with Crippen molar-refractivity contribution in [1.29, 1.82) is 0 Å². The third-order valence-corrected chi connectivity index (χ3v) is 3.22. The van der Waals surface area contributed by atoms with Gasteiger partial charge in [-0.1, -0.05) is 53.4 Å². The zero-order valence-electron chi connectivity index (χ0n) is 14.2. The standard InChI is InChI=1S/2C8H16O2.Mg/c2*1-3-5-7(6-4-2)8(9)10;/h2*7H,3-6H2,1-2H3,(H,9,10);/q;;+2/p-2. The summed E-state index contributed by atoms with van der Waals surface area (Å²) >= 11 is 0. The van der Waals surface area contributed by atoms with Crippen LogP contribution < -0.4 is 10.2 Å². The van der Waals surface area contributed by atoms with Crippen LogP contribution in [0.3, 0.4) is 0 Å². The van der Waals surface area contributed by atoms with Crippen molar-refractivity contribution in [3.8, 4) is 0 Å². The molecule has 0 atom stereocenters. The Bertz CT molecular complexity index is 219. The smallest absolute Gasteiger partial charge is 0.550 e. The third-order valence-electron chi connectivity index (χ3n) is 3.22. The zero-order valence-corrected chi connectivity index (χ0v) is 15.6. The second kappa shape index (κ2) is 17.8. The van der Waals surface area contributed by atoms with Gasteiger partial charge in [0.15, 0.2) is 0 Å². The van der Waals surface area contributed by atoms with Gasteiger partial charge in [-0.15, -0.1) is 0 Å². The average molecular weight is 311 g/mol. The summed E-state index contributed by atoms with van der Waals surface area (Å²) in [6.07, 6.45) is 6.76. The maximum atomic E-state index is 10.4. The summed E-state index contributed by atoms with van der Waals surface area (Å²) in [4.78, 5) is 20.7. The van der Waals surface area contributed by atoms with Crippen LogP contribution in [0.1, 0.15) is 79.1 Å². The molecule has 0 aliphatic rings. The molecule has 0 heterocycles. The van der Waals surface area contributed by atoms with Gasteiger partial charge in [-0.25, -0.2) is 0 Å². The maximum Gasteiger partial charge on any atom is 2.00 e. The number of rotatable bonds is 10. The fourth-order valence-electron chi connectivity index (χ4n) is 2.15. The molecule has 0 fully saturated rings. The number of carbonyl (C=O) groups excluding carboxylic acids is 2. The van der Waals surface area contributed by atoms with E-state index < -0.39 is 11.9 Å². The van der Waals surface area contributed by atoms with Gasteiger partial charge < -0.3 is 19.8 Å². The van der Waals surface area contributed by atoms with Crippen molar-refractivity contribution < 1.29 is 19.8 Å². The molecule has 0 aromatic carbocycles. The number of hydrogen-bond acceptors (Lipinski definition) is 4. The summed E-state index contributed by atoms with van der Waals surface area (Å²) in [5.74, 6) is -2.20. The summed E-state index contributed by atoms with van der Waals surface area (Å²) in [7, 11) is 0. The van der Waals surface area contributed by atoms with Crippen molar-refractivity contribution in [3.63, 3.8) is 0 Å². The third kappa shape index (κ3) is 15.9. The van der Waals surface area contributed by atoms with Gasteiger partial charge in [0.25, 0.3) is 0 Å². The molecule has 0 aliphatic carbocycles. The quantitative estimate of drug-likeness (QED) is 0.573. The normalized spacial score (nSPS) is 9.81. The van der Waals surface area contributed by atoms with Gasteiger partial charge in [0.1, 0.15) is 0 Å². The van der Waals surface area contributed by atoms with Crippen molar-refractivity contribution in [2.75, 3.05) is 0 Å². The van der Waals surface area contributed by atoms with E-state index in [9.17, 15) is 19.8 Å². The van der Waals surface area contributed by atoms with E-state index >= 15 is 0 Å². The van der Waals surface area contributed by atoms with Crippen LogP contribution >= 0.6 is 0 Å². The summed E-state index contributed by atoms with van der Waals surface area (Å²) in [5.41, 5.74) is 0. The summed E-state index contributed by atoms with van der Waals surface area (Å²) in [6.45, 7) is 7.97. The second-order valence-electron chi connectivity index (χ2n) is 5.19. The van der Waals surface area contributed by atoms with E-state index in [4.69, 9.17) is 0 Å². The number of carbonyl (C=O) groups is 2. The largest absolute Gasteiger partial charge is 2.00 e. The fourth-order valence-corrected chi connectivity index (χ4v) is 2.15. The minimum atomic E-state index is -0.885. The van der Waals surface area contributed by atoms with Crippen LogP contribution in [0.4, 0.5) is 0 Å². The molecule has 0 rings (SSSR count). The van der Waals surface area contributed by atoms with Crippen molar-refractivity contribution in [1.82, 2.24) is 0 Å². The number of carboxylic acids is 2. The first-order valence-electron chi connectivity index (χ1n) is 7.86. The molecule has 0 amide bonds. The Morgan fingerprint density at radius 3 is 0.952 bits per heavy atom. The van der Waals surface area contributed by atoms with Crippen LogP contribution in [0.5, 0.6) is 0 Å².